The zero-order valence-corrected chi connectivity index (χ0v) is 11.9. The Morgan fingerprint density at radius 2 is 1.79 bits per heavy atom. The molecule has 0 aliphatic carbocycles. The van der Waals surface area contributed by atoms with Crippen LogP contribution in [0, 0.1) is 5.82 Å². The van der Waals surface area contributed by atoms with Gasteiger partial charge >= 0.3 is 0 Å². The second kappa shape index (κ2) is 8.09. The van der Waals surface area contributed by atoms with Crippen molar-refractivity contribution in [3.05, 3.63) is 29.6 Å². The van der Waals surface area contributed by atoms with Crippen LogP contribution in [0.5, 0.6) is 0 Å². The van der Waals surface area contributed by atoms with Gasteiger partial charge in [-0.2, -0.15) is 0 Å². The molecule has 0 aromatic heterocycles. The molecule has 5 heteroatoms. The Hall–Kier alpha value is -1.17. The lowest BCUT2D eigenvalue weighted by Gasteiger charge is -2.27. The van der Waals surface area contributed by atoms with Crippen LogP contribution in [-0.4, -0.2) is 40.5 Å². The largest absolute Gasteiger partial charge is 0.383 e. The molecule has 0 saturated carbocycles. The van der Waals surface area contributed by atoms with Gasteiger partial charge in [-0.05, 0) is 30.7 Å². The summed E-state index contributed by atoms with van der Waals surface area (Å²) in [6.07, 6.45) is 0. The first-order valence-corrected chi connectivity index (χ1v) is 6.38. The third-order valence-corrected chi connectivity index (χ3v) is 2.95. The SMILES string of the molecule is COCCN(CCOC)c1ccc(F)cc1C(C)N. The van der Waals surface area contributed by atoms with Crippen molar-refractivity contribution in [2.24, 2.45) is 5.73 Å². The number of hydrogen-bond acceptors (Lipinski definition) is 4. The van der Waals surface area contributed by atoms with Crippen molar-refractivity contribution in [3.8, 4) is 0 Å². The van der Waals surface area contributed by atoms with Crippen LogP contribution in [0.15, 0.2) is 18.2 Å². The van der Waals surface area contributed by atoms with E-state index in [0.717, 1.165) is 11.3 Å². The molecule has 0 spiro atoms. The molecule has 1 atom stereocenters. The average Bonchev–Trinajstić information content (AvgIpc) is 2.39. The lowest BCUT2D eigenvalue weighted by Crippen LogP contribution is -2.32. The fourth-order valence-corrected chi connectivity index (χ4v) is 1.93. The van der Waals surface area contributed by atoms with Crippen LogP contribution < -0.4 is 10.6 Å². The van der Waals surface area contributed by atoms with Gasteiger partial charge in [-0.25, -0.2) is 4.39 Å². The highest BCUT2D eigenvalue weighted by Crippen LogP contribution is 2.26. The predicted molar refractivity (Wildman–Crippen MR) is 75.0 cm³/mol. The quantitative estimate of drug-likeness (QED) is 0.784. The van der Waals surface area contributed by atoms with E-state index in [2.05, 4.69) is 4.90 Å². The zero-order valence-electron chi connectivity index (χ0n) is 11.9. The van der Waals surface area contributed by atoms with Gasteiger partial charge in [0.2, 0.25) is 0 Å². The summed E-state index contributed by atoms with van der Waals surface area (Å²) >= 11 is 0. The number of hydrogen-bond donors (Lipinski definition) is 1. The van der Waals surface area contributed by atoms with Crippen molar-refractivity contribution in [2.45, 2.75) is 13.0 Å². The molecule has 4 nitrogen and oxygen atoms in total. The van der Waals surface area contributed by atoms with Crippen LogP contribution in [0.25, 0.3) is 0 Å². The monoisotopic (exact) mass is 270 g/mol. The van der Waals surface area contributed by atoms with Crippen LogP contribution in [0.1, 0.15) is 18.5 Å². The van der Waals surface area contributed by atoms with Crippen molar-refractivity contribution in [2.75, 3.05) is 45.4 Å². The number of nitrogens with zero attached hydrogens (tertiary/aromatic N) is 1. The highest BCUT2D eigenvalue weighted by molar-refractivity contribution is 5.55. The highest BCUT2D eigenvalue weighted by atomic mass is 19.1. The fourth-order valence-electron chi connectivity index (χ4n) is 1.93. The van der Waals surface area contributed by atoms with Crippen LogP contribution in [0.3, 0.4) is 0 Å². The third kappa shape index (κ3) is 4.78. The van der Waals surface area contributed by atoms with Crippen molar-refractivity contribution in [1.29, 1.82) is 0 Å². The molecule has 0 aliphatic heterocycles. The molecule has 0 fully saturated rings. The molecule has 1 unspecified atom stereocenters. The Morgan fingerprint density at radius 1 is 1.21 bits per heavy atom. The maximum Gasteiger partial charge on any atom is 0.123 e. The zero-order chi connectivity index (χ0) is 14.3. The van der Waals surface area contributed by atoms with Crippen molar-refractivity contribution in [1.82, 2.24) is 0 Å². The lowest BCUT2D eigenvalue weighted by atomic mass is 10.1. The molecule has 1 aromatic rings. The van der Waals surface area contributed by atoms with E-state index in [1.165, 1.54) is 12.1 Å². The number of methoxy groups -OCH3 is 2. The van der Waals surface area contributed by atoms with Gasteiger partial charge in [0.25, 0.3) is 0 Å². The number of rotatable bonds is 8. The molecule has 108 valence electrons. The summed E-state index contributed by atoms with van der Waals surface area (Å²) in [5.74, 6) is -0.269. The first kappa shape index (κ1) is 15.9. The van der Waals surface area contributed by atoms with Gasteiger partial charge < -0.3 is 20.1 Å². The van der Waals surface area contributed by atoms with Gasteiger partial charge in [-0.1, -0.05) is 0 Å². The van der Waals surface area contributed by atoms with Crippen LogP contribution in [0.2, 0.25) is 0 Å². The van der Waals surface area contributed by atoms with Crippen molar-refractivity contribution >= 4 is 5.69 Å². The summed E-state index contributed by atoms with van der Waals surface area (Å²) in [5, 5.41) is 0. The summed E-state index contributed by atoms with van der Waals surface area (Å²) in [4.78, 5) is 2.10. The van der Waals surface area contributed by atoms with Gasteiger partial charge in [0, 0.05) is 39.0 Å². The van der Waals surface area contributed by atoms with E-state index in [9.17, 15) is 4.39 Å². The molecule has 1 rings (SSSR count). The molecule has 0 radical (unpaired) electrons. The van der Waals surface area contributed by atoms with E-state index in [-0.39, 0.29) is 11.9 Å². The lowest BCUT2D eigenvalue weighted by molar-refractivity contribution is 0.190. The van der Waals surface area contributed by atoms with Gasteiger partial charge in [0.15, 0.2) is 0 Å². The summed E-state index contributed by atoms with van der Waals surface area (Å²) in [6.45, 7) is 4.47. The van der Waals surface area contributed by atoms with Crippen LogP contribution in [-0.2, 0) is 9.47 Å². The van der Waals surface area contributed by atoms with E-state index in [0.29, 0.717) is 26.3 Å². The summed E-state index contributed by atoms with van der Waals surface area (Å²) in [6, 6.07) is 4.48. The molecule has 1 aromatic carbocycles. The van der Waals surface area contributed by atoms with Crippen LogP contribution >= 0.6 is 0 Å². The minimum Gasteiger partial charge on any atom is -0.383 e. The van der Waals surface area contributed by atoms with Crippen LogP contribution in [0.4, 0.5) is 10.1 Å². The second-order valence-electron chi connectivity index (χ2n) is 4.46. The summed E-state index contributed by atoms with van der Waals surface area (Å²) in [5.41, 5.74) is 7.66. The minimum atomic E-state index is -0.269. The van der Waals surface area contributed by atoms with Crippen molar-refractivity contribution in [3.63, 3.8) is 0 Å². The molecule has 0 aliphatic rings. The fraction of sp³-hybridized carbons (Fsp3) is 0.571. The molecule has 0 amide bonds. The molecule has 19 heavy (non-hydrogen) atoms. The number of anilines is 1. The number of ether oxygens (including phenoxy) is 2. The number of benzene rings is 1. The van der Waals surface area contributed by atoms with Gasteiger partial charge in [-0.15, -0.1) is 0 Å². The molecule has 0 bridgehead atoms. The van der Waals surface area contributed by atoms with E-state index >= 15 is 0 Å². The molecule has 0 saturated heterocycles. The normalized spacial score (nSPS) is 12.5. The Morgan fingerprint density at radius 3 is 2.26 bits per heavy atom. The maximum absolute atomic E-state index is 13.4. The first-order valence-electron chi connectivity index (χ1n) is 6.38. The molecular weight excluding hydrogens is 247 g/mol. The number of nitrogens with two attached hydrogens (primary N) is 1. The van der Waals surface area contributed by atoms with Gasteiger partial charge in [-0.3, -0.25) is 0 Å². The predicted octanol–water partition coefficient (Wildman–Crippen LogP) is 1.94. The van der Waals surface area contributed by atoms with Crippen molar-refractivity contribution < 1.29 is 13.9 Å². The second-order valence-corrected chi connectivity index (χ2v) is 4.46. The topological polar surface area (TPSA) is 47.7 Å². The first-order chi connectivity index (χ1) is 9.10. The average molecular weight is 270 g/mol. The Bertz CT molecular complexity index is 378. The van der Waals surface area contributed by atoms with E-state index < -0.39 is 0 Å². The summed E-state index contributed by atoms with van der Waals surface area (Å²) < 4.78 is 23.6. The molecule has 2 N–H and O–H groups in total. The van der Waals surface area contributed by atoms with E-state index in [1.807, 2.05) is 6.92 Å². The molecule has 0 heterocycles. The van der Waals surface area contributed by atoms with Gasteiger partial charge in [0.1, 0.15) is 5.82 Å². The molecular formula is C14H23FN2O2. The maximum atomic E-state index is 13.4. The smallest absolute Gasteiger partial charge is 0.123 e. The Balaban J connectivity index is 2.98. The highest BCUT2D eigenvalue weighted by Gasteiger charge is 2.14. The third-order valence-electron chi connectivity index (χ3n) is 2.95. The van der Waals surface area contributed by atoms with Gasteiger partial charge in [0.05, 0.1) is 13.2 Å². The Kier molecular flexibility index (Phi) is 6.77. The standard InChI is InChI=1S/C14H23FN2O2/c1-11(16)13-10-12(15)4-5-14(13)17(6-8-18-2)7-9-19-3/h4-5,10-11H,6-9,16H2,1-3H3. The van der Waals surface area contributed by atoms with E-state index in [1.54, 1.807) is 20.3 Å². The Labute approximate surface area is 114 Å². The van der Waals surface area contributed by atoms with E-state index in [4.69, 9.17) is 15.2 Å². The minimum absolute atomic E-state index is 0.224. The number of halogens is 1. The summed E-state index contributed by atoms with van der Waals surface area (Å²) in [7, 11) is 3.32.